The highest BCUT2D eigenvalue weighted by Gasteiger charge is 2.23. The van der Waals surface area contributed by atoms with E-state index < -0.39 is 0 Å². The van der Waals surface area contributed by atoms with E-state index in [1.165, 1.54) is 0 Å². The number of methoxy groups -OCH3 is 1. The molecule has 1 amide bonds. The van der Waals surface area contributed by atoms with Crippen molar-refractivity contribution in [3.63, 3.8) is 0 Å². The Balaban J connectivity index is 1.95. The quantitative estimate of drug-likeness (QED) is 0.688. The van der Waals surface area contributed by atoms with Crippen LogP contribution in [0.2, 0.25) is 0 Å². The second-order valence-corrected chi connectivity index (χ2v) is 6.22. The van der Waals surface area contributed by atoms with Crippen LogP contribution >= 0.6 is 0 Å². The minimum atomic E-state index is -0.0604. The fourth-order valence-electron chi connectivity index (χ4n) is 2.90. The number of pyridine rings is 1. The summed E-state index contributed by atoms with van der Waals surface area (Å²) in [4.78, 5) is 19.5. The lowest BCUT2D eigenvalue weighted by Crippen LogP contribution is -2.34. The highest BCUT2D eigenvalue weighted by atomic mass is 16.5. The molecule has 0 N–H and O–H groups in total. The van der Waals surface area contributed by atoms with Crippen LogP contribution < -0.4 is 0 Å². The van der Waals surface area contributed by atoms with E-state index in [0.717, 1.165) is 22.5 Å². The molecule has 0 aliphatic heterocycles. The average Bonchev–Trinajstić information content (AvgIpc) is 3.12. The Morgan fingerprint density at radius 2 is 2.16 bits per heavy atom. The predicted molar refractivity (Wildman–Crippen MR) is 94.5 cm³/mol. The van der Waals surface area contributed by atoms with Crippen molar-refractivity contribution < 1.29 is 9.53 Å². The molecule has 0 spiro atoms. The van der Waals surface area contributed by atoms with Crippen molar-refractivity contribution >= 4 is 11.6 Å². The number of carbonyl (C=O) groups excluding carboxylic acids is 1. The fourth-order valence-corrected chi connectivity index (χ4v) is 2.90. The van der Waals surface area contributed by atoms with Gasteiger partial charge >= 0.3 is 0 Å². The standard InChI is InChI=1S/C18H23N5O2/c1-13-5-6-23-16(9-13)20-14(2)17(23)18(24)22(7-8-25-4)12-15-10-19-21(3)11-15/h5-6,9-11H,7-8,12H2,1-4H3. The van der Waals surface area contributed by atoms with E-state index in [1.54, 1.807) is 22.9 Å². The van der Waals surface area contributed by atoms with Gasteiger partial charge in [0.25, 0.3) is 5.91 Å². The Morgan fingerprint density at radius 1 is 1.36 bits per heavy atom. The zero-order chi connectivity index (χ0) is 18.0. The van der Waals surface area contributed by atoms with Crippen LogP contribution in [0.4, 0.5) is 0 Å². The molecule has 3 heterocycles. The summed E-state index contributed by atoms with van der Waals surface area (Å²) in [6, 6.07) is 3.95. The summed E-state index contributed by atoms with van der Waals surface area (Å²) < 4.78 is 8.77. The summed E-state index contributed by atoms with van der Waals surface area (Å²) in [7, 11) is 3.50. The average molecular weight is 341 g/mol. The largest absolute Gasteiger partial charge is 0.383 e. The van der Waals surface area contributed by atoms with E-state index in [9.17, 15) is 4.79 Å². The van der Waals surface area contributed by atoms with Crippen molar-refractivity contribution in [3.05, 3.63) is 53.2 Å². The number of aryl methyl sites for hydroxylation is 3. The van der Waals surface area contributed by atoms with Crippen LogP contribution in [0, 0.1) is 13.8 Å². The third-order valence-corrected chi connectivity index (χ3v) is 4.14. The van der Waals surface area contributed by atoms with E-state index >= 15 is 0 Å². The third kappa shape index (κ3) is 3.56. The van der Waals surface area contributed by atoms with Gasteiger partial charge in [0.15, 0.2) is 0 Å². The number of imidazole rings is 1. The summed E-state index contributed by atoms with van der Waals surface area (Å²) in [6.07, 6.45) is 5.59. The van der Waals surface area contributed by atoms with Crippen LogP contribution in [0.5, 0.6) is 0 Å². The van der Waals surface area contributed by atoms with Crippen LogP contribution in [-0.4, -0.2) is 50.2 Å². The Morgan fingerprint density at radius 3 is 2.84 bits per heavy atom. The van der Waals surface area contributed by atoms with Gasteiger partial charge in [-0.1, -0.05) is 0 Å². The van der Waals surface area contributed by atoms with Crippen LogP contribution in [0.1, 0.15) is 27.3 Å². The van der Waals surface area contributed by atoms with Crippen molar-refractivity contribution in [2.24, 2.45) is 7.05 Å². The number of fused-ring (bicyclic) bond motifs is 1. The van der Waals surface area contributed by atoms with Gasteiger partial charge in [-0.15, -0.1) is 0 Å². The Bertz CT molecular complexity index is 896. The molecule has 0 unspecified atom stereocenters. The number of hydrogen-bond donors (Lipinski definition) is 0. The number of carbonyl (C=O) groups is 1. The normalized spacial score (nSPS) is 11.2. The Kier molecular flexibility index (Phi) is 4.85. The number of amides is 1. The second-order valence-electron chi connectivity index (χ2n) is 6.22. The number of aromatic nitrogens is 4. The molecule has 0 bridgehead atoms. The highest BCUT2D eigenvalue weighted by molar-refractivity contribution is 5.94. The topological polar surface area (TPSA) is 64.7 Å². The number of rotatable bonds is 6. The summed E-state index contributed by atoms with van der Waals surface area (Å²) in [5.41, 5.74) is 4.20. The van der Waals surface area contributed by atoms with E-state index in [-0.39, 0.29) is 5.91 Å². The number of nitrogens with zero attached hydrogens (tertiary/aromatic N) is 5. The minimum Gasteiger partial charge on any atom is -0.383 e. The summed E-state index contributed by atoms with van der Waals surface area (Å²) in [5.74, 6) is -0.0604. The maximum Gasteiger partial charge on any atom is 0.273 e. The fraction of sp³-hybridized carbons (Fsp3) is 0.389. The van der Waals surface area contributed by atoms with Gasteiger partial charge in [-0.2, -0.15) is 5.10 Å². The Hall–Kier alpha value is -2.67. The van der Waals surface area contributed by atoms with Gasteiger partial charge in [0.2, 0.25) is 0 Å². The molecule has 0 radical (unpaired) electrons. The zero-order valence-corrected chi connectivity index (χ0v) is 15.1. The van der Waals surface area contributed by atoms with Gasteiger partial charge in [0, 0.05) is 45.2 Å². The first kappa shape index (κ1) is 17.2. The third-order valence-electron chi connectivity index (χ3n) is 4.14. The maximum atomic E-state index is 13.2. The van der Waals surface area contributed by atoms with Gasteiger partial charge in [-0.3, -0.25) is 13.9 Å². The van der Waals surface area contributed by atoms with E-state index in [2.05, 4.69) is 10.1 Å². The number of ether oxygens (including phenoxy) is 1. The van der Waals surface area contributed by atoms with Gasteiger partial charge < -0.3 is 9.64 Å². The van der Waals surface area contributed by atoms with Gasteiger partial charge in [0.05, 0.1) is 18.5 Å². The molecule has 25 heavy (non-hydrogen) atoms. The zero-order valence-electron chi connectivity index (χ0n) is 15.1. The van der Waals surface area contributed by atoms with Gasteiger partial charge in [0.1, 0.15) is 11.3 Å². The van der Waals surface area contributed by atoms with Gasteiger partial charge in [-0.25, -0.2) is 4.98 Å². The van der Waals surface area contributed by atoms with Crippen molar-refractivity contribution in [2.75, 3.05) is 20.3 Å². The van der Waals surface area contributed by atoms with E-state index in [0.29, 0.717) is 25.4 Å². The van der Waals surface area contributed by atoms with Crippen molar-refractivity contribution in [1.29, 1.82) is 0 Å². The molecular weight excluding hydrogens is 318 g/mol. The molecule has 0 saturated carbocycles. The molecule has 7 nitrogen and oxygen atoms in total. The highest BCUT2D eigenvalue weighted by Crippen LogP contribution is 2.17. The van der Waals surface area contributed by atoms with Crippen molar-refractivity contribution in [2.45, 2.75) is 20.4 Å². The molecular formula is C18H23N5O2. The summed E-state index contributed by atoms with van der Waals surface area (Å²) >= 11 is 0. The molecule has 132 valence electrons. The smallest absolute Gasteiger partial charge is 0.273 e. The molecule has 0 atom stereocenters. The van der Waals surface area contributed by atoms with Crippen molar-refractivity contribution in [3.8, 4) is 0 Å². The predicted octanol–water partition coefficient (Wildman–Crippen LogP) is 1.97. The minimum absolute atomic E-state index is 0.0604. The molecule has 0 fully saturated rings. The maximum absolute atomic E-state index is 13.2. The van der Waals surface area contributed by atoms with Gasteiger partial charge in [-0.05, 0) is 31.5 Å². The van der Waals surface area contributed by atoms with Crippen LogP contribution in [0.15, 0.2) is 30.7 Å². The van der Waals surface area contributed by atoms with Crippen LogP contribution in [-0.2, 0) is 18.3 Å². The summed E-state index contributed by atoms with van der Waals surface area (Å²) in [5, 5.41) is 4.18. The first-order valence-corrected chi connectivity index (χ1v) is 8.20. The van der Waals surface area contributed by atoms with Crippen LogP contribution in [0.3, 0.4) is 0 Å². The van der Waals surface area contributed by atoms with E-state index in [4.69, 9.17) is 4.74 Å². The molecule has 7 heteroatoms. The monoisotopic (exact) mass is 341 g/mol. The molecule has 3 aromatic rings. The molecule has 0 aromatic carbocycles. The molecule has 0 aliphatic rings. The lowest BCUT2D eigenvalue weighted by molar-refractivity contribution is 0.0672. The lowest BCUT2D eigenvalue weighted by Gasteiger charge is -2.22. The first-order chi connectivity index (χ1) is 12.0. The molecule has 0 aliphatic carbocycles. The lowest BCUT2D eigenvalue weighted by atomic mass is 10.2. The molecule has 3 rings (SSSR count). The van der Waals surface area contributed by atoms with Crippen LogP contribution in [0.25, 0.3) is 5.65 Å². The first-order valence-electron chi connectivity index (χ1n) is 8.20. The SMILES string of the molecule is COCCN(Cc1cnn(C)c1)C(=O)c1c(C)nc2cc(C)ccn12. The number of hydrogen-bond acceptors (Lipinski definition) is 4. The van der Waals surface area contributed by atoms with Crippen molar-refractivity contribution in [1.82, 2.24) is 24.1 Å². The van der Waals surface area contributed by atoms with E-state index in [1.807, 2.05) is 49.8 Å². The molecule has 0 saturated heterocycles. The molecule has 3 aromatic heterocycles. The Labute approximate surface area is 146 Å². The summed E-state index contributed by atoms with van der Waals surface area (Å²) in [6.45, 7) is 5.34. The second kappa shape index (κ2) is 7.06.